The second kappa shape index (κ2) is 14.9. The molecule has 230 valence electrons. The second-order valence-corrected chi connectivity index (χ2v) is 10.7. The molecule has 0 spiro atoms. The van der Waals surface area contributed by atoms with Gasteiger partial charge in [0.25, 0.3) is 0 Å². The largest absolute Gasteiger partial charge is 0.496 e. The van der Waals surface area contributed by atoms with E-state index in [1.54, 1.807) is 42.5 Å². The molecular formula is C31H35NO10S. The van der Waals surface area contributed by atoms with Crippen molar-refractivity contribution in [2.24, 2.45) is 0 Å². The van der Waals surface area contributed by atoms with E-state index in [-0.39, 0.29) is 22.8 Å². The Kier molecular flexibility index (Phi) is 11.3. The van der Waals surface area contributed by atoms with Crippen molar-refractivity contribution in [1.82, 2.24) is 0 Å². The first-order valence-corrected chi connectivity index (χ1v) is 14.5. The molecule has 0 aliphatic carbocycles. The van der Waals surface area contributed by atoms with E-state index in [9.17, 15) is 13.2 Å². The normalized spacial score (nSPS) is 11.3. The number of hydrogen-bond donors (Lipinski definition) is 1. The SMILES string of the molecule is COc1cc(OC)c(/C=C/S(=O)(=O)Cc2ccc(OC)c(N/C=C/C(=O)c3c(OC)cc(OC)cc3OC)c2)c(OC)c1. The Morgan fingerprint density at radius 2 is 1.21 bits per heavy atom. The van der Waals surface area contributed by atoms with Gasteiger partial charge >= 0.3 is 0 Å². The molecule has 0 atom stereocenters. The van der Waals surface area contributed by atoms with E-state index in [0.717, 1.165) is 5.41 Å². The first-order chi connectivity index (χ1) is 20.6. The van der Waals surface area contributed by atoms with Gasteiger partial charge in [0.15, 0.2) is 15.6 Å². The second-order valence-electron chi connectivity index (χ2n) is 8.84. The van der Waals surface area contributed by atoms with Crippen molar-refractivity contribution < 1.29 is 46.4 Å². The van der Waals surface area contributed by atoms with E-state index in [0.29, 0.717) is 45.6 Å². The van der Waals surface area contributed by atoms with Crippen LogP contribution in [0, 0.1) is 0 Å². The lowest BCUT2D eigenvalue weighted by atomic mass is 10.1. The summed E-state index contributed by atoms with van der Waals surface area (Å²) in [5.41, 5.74) is 1.61. The first kappa shape index (κ1) is 32.7. The number of anilines is 1. The van der Waals surface area contributed by atoms with E-state index in [1.165, 1.54) is 68.1 Å². The number of ether oxygens (including phenoxy) is 7. The van der Waals surface area contributed by atoms with Crippen LogP contribution in [0.15, 0.2) is 60.1 Å². The number of carbonyl (C=O) groups excluding carboxylic acids is 1. The summed E-state index contributed by atoms with van der Waals surface area (Å²) in [6.07, 6.45) is 4.14. The van der Waals surface area contributed by atoms with Gasteiger partial charge in [-0.2, -0.15) is 0 Å². The van der Waals surface area contributed by atoms with Crippen LogP contribution in [0.25, 0.3) is 6.08 Å². The van der Waals surface area contributed by atoms with Gasteiger partial charge in [0.2, 0.25) is 0 Å². The fourth-order valence-electron chi connectivity index (χ4n) is 4.15. The maximum atomic E-state index is 13.1. The van der Waals surface area contributed by atoms with Crippen molar-refractivity contribution in [3.8, 4) is 40.2 Å². The van der Waals surface area contributed by atoms with Gasteiger partial charge in [0.1, 0.15) is 45.8 Å². The average Bonchev–Trinajstić information content (AvgIpc) is 3.02. The first-order valence-electron chi connectivity index (χ1n) is 12.8. The van der Waals surface area contributed by atoms with Crippen LogP contribution in [0.2, 0.25) is 0 Å². The minimum atomic E-state index is -3.73. The van der Waals surface area contributed by atoms with Crippen LogP contribution in [0.4, 0.5) is 5.69 Å². The van der Waals surface area contributed by atoms with Crippen molar-refractivity contribution in [3.05, 3.63) is 76.8 Å². The molecule has 0 radical (unpaired) electrons. The van der Waals surface area contributed by atoms with E-state index >= 15 is 0 Å². The van der Waals surface area contributed by atoms with E-state index in [4.69, 9.17) is 33.2 Å². The fourth-order valence-corrected chi connectivity index (χ4v) is 5.23. The molecule has 0 heterocycles. The predicted octanol–water partition coefficient (Wildman–Crippen LogP) is 5.14. The summed E-state index contributed by atoms with van der Waals surface area (Å²) in [6.45, 7) is 0. The molecular weight excluding hydrogens is 578 g/mol. The Bertz CT molecular complexity index is 1560. The predicted molar refractivity (Wildman–Crippen MR) is 164 cm³/mol. The quantitative estimate of drug-likeness (QED) is 0.181. The number of methoxy groups -OCH3 is 7. The van der Waals surface area contributed by atoms with Gasteiger partial charge in [0.05, 0.1) is 66.8 Å². The van der Waals surface area contributed by atoms with Gasteiger partial charge in [0, 0.05) is 41.9 Å². The maximum Gasteiger partial charge on any atom is 0.194 e. The lowest BCUT2D eigenvalue weighted by molar-refractivity contribution is 0.104. The minimum absolute atomic E-state index is 0.215. The molecule has 0 bridgehead atoms. The number of rotatable bonds is 15. The Labute approximate surface area is 251 Å². The lowest BCUT2D eigenvalue weighted by Crippen LogP contribution is -2.05. The molecule has 12 heteroatoms. The summed E-state index contributed by atoms with van der Waals surface area (Å²) in [5, 5.41) is 4.10. The highest BCUT2D eigenvalue weighted by atomic mass is 32.2. The number of ketones is 1. The van der Waals surface area contributed by atoms with Crippen LogP contribution < -0.4 is 38.5 Å². The summed E-state index contributed by atoms with van der Waals surface area (Å²) in [4.78, 5) is 13.0. The van der Waals surface area contributed by atoms with Crippen LogP contribution in [-0.2, 0) is 15.6 Å². The van der Waals surface area contributed by atoms with Crippen molar-refractivity contribution >= 4 is 27.4 Å². The Morgan fingerprint density at radius 3 is 1.70 bits per heavy atom. The molecule has 0 saturated carbocycles. The molecule has 0 saturated heterocycles. The molecule has 3 rings (SSSR count). The third-order valence-electron chi connectivity index (χ3n) is 6.26. The summed E-state index contributed by atoms with van der Waals surface area (Å²) in [6, 6.07) is 11.3. The van der Waals surface area contributed by atoms with Crippen molar-refractivity contribution in [3.63, 3.8) is 0 Å². The van der Waals surface area contributed by atoms with Gasteiger partial charge in [-0.1, -0.05) is 6.07 Å². The fraction of sp³-hybridized carbons (Fsp3) is 0.258. The summed E-state index contributed by atoms with van der Waals surface area (Å²) >= 11 is 0. The Morgan fingerprint density at radius 1 is 0.698 bits per heavy atom. The molecule has 0 aliphatic heterocycles. The average molecular weight is 614 g/mol. The van der Waals surface area contributed by atoms with Crippen LogP contribution in [0.5, 0.6) is 40.2 Å². The molecule has 1 N–H and O–H groups in total. The maximum absolute atomic E-state index is 13.1. The highest BCUT2D eigenvalue weighted by Crippen LogP contribution is 2.36. The van der Waals surface area contributed by atoms with Gasteiger partial charge in [-0.3, -0.25) is 4.79 Å². The lowest BCUT2D eigenvalue weighted by Gasteiger charge is -2.13. The van der Waals surface area contributed by atoms with Crippen LogP contribution >= 0.6 is 0 Å². The standard InChI is InChI=1S/C31H35NO10S/c1-36-21-15-27(39-4)23(28(16-21)40-5)11-13-43(34,35)19-20-8-9-26(38-3)24(14-20)32-12-10-25(33)31-29(41-6)17-22(37-2)18-30(31)42-7/h8-18,32H,19H2,1-7H3/b12-10+,13-11+. The number of carbonyl (C=O) groups is 1. The number of nitrogens with one attached hydrogen (secondary N) is 1. The highest BCUT2D eigenvalue weighted by Gasteiger charge is 2.19. The highest BCUT2D eigenvalue weighted by molar-refractivity contribution is 7.93. The number of hydrogen-bond acceptors (Lipinski definition) is 11. The van der Waals surface area contributed by atoms with Gasteiger partial charge in [-0.25, -0.2) is 8.42 Å². The van der Waals surface area contributed by atoms with Crippen molar-refractivity contribution in [2.45, 2.75) is 5.75 Å². The van der Waals surface area contributed by atoms with Crippen LogP contribution in [0.3, 0.4) is 0 Å². The van der Waals surface area contributed by atoms with Crippen molar-refractivity contribution in [1.29, 1.82) is 0 Å². The van der Waals surface area contributed by atoms with Crippen LogP contribution in [-0.4, -0.2) is 64.0 Å². The van der Waals surface area contributed by atoms with E-state index in [1.807, 2.05) is 0 Å². The third-order valence-corrected chi connectivity index (χ3v) is 7.55. The minimum Gasteiger partial charge on any atom is -0.496 e. The van der Waals surface area contributed by atoms with E-state index in [2.05, 4.69) is 5.32 Å². The smallest absolute Gasteiger partial charge is 0.194 e. The summed E-state index contributed by atoms with van der Waals surface area (Å²) in [5.74, 6) is 2.09. The molecule has 43 heavy (non-hydrogen) atoms. The Hall–Kier alpha value is -4.84. The van der Waals surface area contributed by atoms with Gasteiger partial charge in [-0.05, 0) is 23.8 Å². The van der Waals surface area contributed by atoms with Gasteiger partial charge < -0.3 is 38.5 Å². The summed E-state index contributed by atoms with van der Waals surface area (Å²) in [7, 11) is 6.58. The molecule has 0 aliphatic rings. The zero-order valence-corrected chi connectivity index (χ0v) is 25.9. The number of sulfone groups is 1. The molecule has 0 amide bonds. The third kappa shape index (κ3) is 8.13. The van der Waals surface area contributed by atoms with Crippen molar-refractivity contribution in [2.75, 3.05) is 55.1 Å². The molecule has 3 aromatic rings. The van der Waals surface area contributed by atoms with E-state index < -0.39 is 15.6 Å². The topological polar surface area (TPSA) is 128 Å². The molecule has 0 fully saturated rings. The Balaban J connectivity index is 1.83. The zero-order valence-electron chi connectivity index (χ0n) is 25.0. The summed E-state index contributed by atoms with van der Waals surface area (Å²) < 4.78 is 63.5. The zero-order chi connectivity index (χ0) is 31.6. The molecule has 0 unspecified atom stereocenters. The molecule has 0 aromatic heterocycles. The number of allylic oxidation sites excluding steroid dienone is 1. The monoisotopic (exact) mass is 613 g/mol. The number of benzene rings is 3. The van der Waals surface area contributed by atoms with Gasteiger partial charge in [-0.15, -0.1) is 0 Å². The molecule has 11 nitrogen and oxygen atoms in total. The molecule has 3 aromatic carbocycles. The van der Waals surface area contributed by atoms with Crippen LogP contribution in [0.1, 0.15) is 21.5 Å².